The molecule has 0 unspecified atom stereocenters. The number of hydrogen-bond donors (Lipinski definition) is 2. The van der Waals surface area contributed by atoms with Gasteiger partial charge < -0.3 is 15.8 Å². The molecule has 4 rings (SSSR count). The maximum atomic E-state index is 14.5. The molecule has 1 amide bonds. The minimum atomic E-state index is -4.89. The number of ether oxygens (including phenoxy) is 1. The molecular formula is C21H13ClF4N6O2. The number of nitrogen functional groups attached to an aromatic ring is 1. The quantitative estimate of drug-likeness (QED) is 0.375. The van der Waals surface area contributed by atoms with Crippen molar-refractivity contribution < 1.29 is 27.1 Å². The molecule has 174 valence electrons. The summed E-state index contributed by atoms with van der Waals surface area (Å²) >= 11 is 5.91. The predicted octanol–water partition coefficient (Wildman–Crippen LogP) is 5.10. The lowest BCUT2D eigenvalue weighted by molar-refractivity contribution is -0.143. The highest BCUT2D eigenvalue weighted by molar-refractivity contribution is 6.34. The van der Waals surface area contributed by atoms with Crippen molar-refractivity contribution >= 4 is 29.0 Å². The van der Waals surface area contributed by atoms with E-state index < -0.39 is 29.2 Å². The van der Waals surface area contributed by atoms with Gasteiger partial charge >= 0.3 is 6.18 Å². The third-order valence-electron chi connectivity index (χ3n) is 4.46. The van der Waals surface area contributed by atoms with E-state index in [2.05, 4.69) is 20.4 Å². The topological polar surface area (TPSA) is 108 Å². The molecule has 2 heterocycles. The number of carbonyl (C=O) groups excluding carboxylic acids is 1. The average molecular weight is 493 g/mol. The molecule has 34 heavy (non-hydrogen) atoms. The average Bonchev–Trinajstić information content (AvgIpc) is 3.25. The summed E-state index contributed by atoms with van der Waals surface area (Å²) in [6, 6.07) is 10.7. The van der Waals surface area contributed by atoms with E-state index in [1.165, 1.54) is 30.3 Å². The minimum absolute atomic E-state index is 0.0764. The van der Waals surface area contributed by atoms with Crippen molar-refractivity contribution in [3.05, 3.63) is 83.2 Å². The number of halogens is 5. The van der Waals surface area contributed by atoms with Gasteiger partial charge in [0.1, 0.15) is 17.2 Å². The number of nitrogens with two attached hydrogens (primary N) is 1. The number of para-hydroxylation sites is 1. The van der Waals surface area contributed by atoms with Gasteiger partial charge in [0.25, 0.3) is 5.91 Å². The smallest absolute Gasteiger partial charge is 0.434 e. The van der Waals surface area contributed by atoms with Crippen LogP contribution < -0.4 is 15.8 Å². The molecule has 0 aliphatic heterocycles. The van der Waals surface area contributed by atoms with Crippen LogP contribution in [0.1, 0.15) is 16.1 Å². The Kier molecular flexibility index (Phi) is 6.07. The molecule has 0 saturated carbocycles. The van der Waals surface area contributed by atoms with E-state index >= 15 is 0 Å². The number of alkyl halides is 3. The van der Waals surface area contributed by atoms with Crippen LogP contribution in [-0.2, 0) is 6.18 Å². The molecule has 0 saturated heterocycles. The molecule has 0 radical (unpaired) electrons. The Morgan fingerprint density at radius 1 is 1.12 bits per heavy atom. The second-order valence-electron chi connectivity index (χ2n) is 6.73. The van der Waals surface area contributed by atoms with Crippen LogP contribution in [0.25, 0.3) is 5.69 Å². The van der Waals surface area contributed by atoms with E-state index in [-0.39, 0.29) is 33.8 Å². The molecule has 3 N–H and O–H groups in total. The van der Waals surface area contributed by atoms with E-state index in [0.717, 1.165) is 24.7 Å². The summed E-state index contributed by atoms with van der Waals surface area (Å²) in [7, 11) is 0. The second-order valence-corrected chi connectivity index (χ2v) is 7.11. The minimum Gasteiger partial charge on any atom is -0.434 e. The van der Waals surface area contributed by atoms with Gasteiger partial charge in [-0.05, 0) is 24.3 Å². The van der Waals surface area contributed by atoms with Crippen LogP contribution in [-0.4, -0.2) is 25.7 Å². The van der Waals surface area contributed by atoms with E-state index in [4.69, 9.17) is 22.1 Å². The summed E-state index contributed by atoms with van der Waals surface area (Å²) in [5, 5.41) is 5.81. The largest absolute Gasteiger partial charge is 0.434 e. The van der Waals surface area contributed by atoms with Gasteiger partial charge in [-0.15, -0.1) is 0 Å². The van der Waals surface area contributed by atoms with Crippen molar-refractivity contribution in [2.24, 2.45) is 0 Å². The zero-order valence-electron chi connectivity index (χ0n) is 16.8. The van der Waals surface area contributed by atoms with Crippen molar-refractivity contribution in [3.8, 4) is 17.3 Å². The van der Waals surface area contributed by atoms with Crippen LogP contribution >= 0.6 is 11.6 Å². The first-order valence-electron chi connectivity index (χ1n) is 9.40. The summed E-state index contributed by atoms with van der Waals surface area (Å²) in [6.45, 7) is 0. The summed E-state index contributed by atoms with van der Waals surface area (Å²) in [5.74, 6) is -2.66. The zero-order chi connectivity index (χ0) is 24.5. The number of rotatable bonds is 5. The van der Waals surface area contributed by atoms with Crippen molar-refractivity contribution in [1.29, 1.82) is 0 Å². The van der Waals surface area contributed by atoms with Crippen LogP contribution in [0.15, 0.2) is 61.1 Å². The summed E-state index contributed by atoms with van der Waals surface area (Å²) in [4.78, 5) is 20.0. The van der Waals surface area contributed by atoms with Crippen LogP contribution in [0, 0.1) is 5.82 Å². The van der Waals surface area contributed by atoms with Crippen molar-refractivity contribution in [2.75, 3.05) is 11.1 Å². The van der Waals surface area contributed by atoms with Gasteiger partial charge in [-0.2, -0.15) is 23.3 Å². The molecule has 4 aromatic rings. The lowest BCUT2D eigenvalue weighted by Crippen LogP contribution is -2.20. The van der Waals surface area contributed by atoms with E-state index in [1.807, 2.05) is 0 Å². The first-order valence-corrected chi connectivity index (χ1v) is 9.78. The SMILES string of the molecule is Nc1ncnc(Oc2ccc(NC(=O)c3cnn(-c4ccccc4)c3C(F)(F)F)cc2F)c1Cl. The van der Waals surface area contributed by atoms with Gasteiger partial charge in [0.2, 0.25) is 5.88 Å². The highest BCUT2D eigenvalue weighted by Crippen LogP contribution is 2.35. The molecular weight excluding hydrogens is 480 g/mol. The van der Waals surface area contributed by atoms with Gasteiger partial charge in [0.15, 0.2) is 17.3 Å². The monoisotopic (exact) mass is 492 g/mol. The molecule has 0 bridgehead atoms. The molecule has 13 heteroatoms. The Bertz CT molecular complexity index is 1360. The number of anilines is 2. The van der Waals surface area contributed by atoms with Crippen LogP contribution in [0.3, 0.4) is 0 Å². The van der Waals surface area contributed by atoms with Crippen molar-refractivity contribution in [1.82, 2.24) is 19.7 Å². The van der Waals surface area contributed by atoms with E-state index in [1.54, 1.807) is 6.07 Å². The number of nitrogens with one attached hydrogen (secondary N) is 1. The lowest BCUT2D eigenvalue weighted by atomic mass is 10.2. The van der Waals surface area contributed by atoms with Gasteiger partial charge in [0, 0.05) is 11.8 Å². The number of nitrogens with zero attached hydrogens (tertiary/aromatic N) is 4. The normalized spacial score (nSPS) is 11.3. The fraction of sp³-hybridized carbons (Fsp3) is 0.0476. The Labute approximate surface area is 194 Å². The summed E-state index contributed by atoms with van der Waals surface area (Å²) in [6.07, 6.45) is -3.03. The third-order valence-corrected chi connectivity index (χ3v) is 4.82. The first-order chi connectivity index (χ1) is 16.1. The molecule has 0 atom stereocenters. The fourth-order valence-corrected chi connectivity index (χ4v) is 3.09. The second kappa shape index (κ2) is 8.98. The third kappa shape index (κ3) is 4.62. The van der Waals surface area contributed by atoms with Crippen LogP contribution in [0.5, 0.6) is 11.6 Å². The molecule has 2 aromatic carbocycles. The number of hydrogen-bond acceptors (Lipinski definition) is 6. The Morgan fingerprint density at radius 2 is 1.85 bits per heavy atom. The molecule has 2 aromatic heterocycles. The molecule has 0 aliphatic rings. The van der Waals surface area contributed by atoms with E-state index in [0.29, 0.717) is 4.68 Å². The number of carbonyl (C=O) groups is 1. The van der Waals surface area contributed by atoms with Crippen LogP contribution in [0.4, 0.5) is 29.1 Å². The first kappa shape index (κ1) is 23.0. The molecule has 0 aliphatic carbocycles. The Balaban J connectivity index is 1.59. The standard InChI is InChI=1S/C21H13ClF4N6O2/c22-16-18(27)28-10-29-20(16)34-15-7-6-11(8-14(15)23)31-19(33)13-9-30-32(17(13)21(24,25)26)12-4-2-1-3-5-12/h1-10H,(H,31,33)(H2,27,28,29). The van der Waals surface area contributed by atoms with E-state index in [9.17, 15) is 22.4 Å². The highest BCUT2D eigenvalue weighted by Gasteiger charge is 2.40. The maximum absolute atomic E-state index is 14.5. The molecule has 0 fully saturated rings. The Morgan fingerprint density at radius 3 is 2.53 bits per heavy atom. The van der Waals surface area contributed by atoms with Gasteiger partial charge in [-0.3, -0.25) is 4.79 Å². The van der Waals surface area contributed by atoms with Gasteiger partial charge in [0.05, 0.1) is 17.4 Å². The van der Waals surface area contributed by atoms with Gasteiger partial charge in [-0.1, -0.05) is 29.8 Å². The fourth-order valence-electron chi connectivity index (χ4n) is 2.95. The maximum Gasteiger partial charge on any atom is 0.434 e. The van der Waals surface area contributed by atoms with Crippen molar-refractivity contribution in [3.63, 3.8) is 0 Å². The van der Waals surface area contributed by atoms with Crippen molar-refractivity contribution in [2.45, 2.75) is 6.18 Å². The van der Waals surface area contributed by atoms with Crippen LogP contribution in [0.2, 0.25) is 5.02 Å². The number of benzene rings is 2. The highest BCUT2D eigenvalue weighted by atomic mass is 35.5. The summed E-state index contributed by atoms with van der Waals surface area (Å²) in [5.41, 5.74) is 3.53. The lowest BCUT2D eigenvalue weighted by Gasteiger charge is -2.13. The summed E-state index contributed by atoms with van der Waals surface area (Å²) < 4.78 is 61.7. The van der Waals surface area contributed by atoms with Gasteiger partial charge in [-0.25, -0.2) is 14.1 Å². The number of aromatic nitrogens is 4. The molecule has 8 nitrogen and oxygen atoms in total. The molecule has 0 spiro atoms. The Hall–Kier alpha value is -4.19. The predicted molar refractivity (Wildman–Crippen MR) is 114 cm³/mol. The zero-order valence-corrected chi connectivity index (χ0v) is 17.6. The number of amides is 1.